The van der Waals surface area contributed by atoms with Crippen LogP contribution in [0.3, 0.4) is 0 Å². The number of benzene rings is 1. The molecule has 1 aromatic carbocycles. The van der Waals surface area contributed by atoms with Crippen LogP contribution in [0.1, 0.15) is 11.1 Å². The van der Waals surface area contributed by atoms with Crippen LogP contribution in [0.15, 0.2) is 42.6 Å². The van der Waals surface area contributed by atoms with E-state index in [2.05, 4.69) is 10.3 Å². The Morgan fingerprint density at radius 3 is 2.39 bits per heavy atom. The molecule has 23 heavy (non-hydrogen) atoms. The Bertz CT molecular complexity index is 869. The summed E-state index contributed by atoms with van der Waals surface area (Å²) < 4.78 is 1.83. The summed E-state index contributed by atoms with van der Waals surface area (Å²) in [5, 5.41) is 2.77. The second-order valence-electron chi connectivity index (χ2n) is 5.40. The van der Waals surface area contributed by atoms with Gasteiger partial charge in [-0.15, -0.1) is 0 Å². The number of hydrogen-bond acceptors (Lipinski definition) is 2. The Labute approximate surface area is 144 Å². The van der Waals surface area contributed by atoms with Crippen molar-refractivity contribution in [1.82, 2.24) is 9.38 Å². The van der Waals surface area contributed by atoms with Gasteiger partial charge in [-0.3, -0.25) is 9.20 Å². The van der Waals surface area contributed by atoms with Crippen LogP contribution >= 0.6 is 23.2 Å². The minimum atomic E-state index is -1.14. The highest BCUT2D eigenvalue weighted by molar-refractivity contribution is 6.54. The fraction of sp³-hybridized carbons (Fsp3) is 0.176. The topological polar surface area (TPSA) is 46.4 Å². The van der Waals surface area contributed by atoms with Crippen molar-refractivity contribution in [1.29, 1.82) is 0 Å². The number of alkyl halides is 2. The van der Waals surface area contributed by atoms with E-state index >= 15 is 0 Å². The molecule has 1 N–H and O–H groups in total. The predicted molar refractivity (Wildman–Crippen MR) is 94.2 cm³/mol. The first-order valence-corrected chi connectivity index (χ1v) is 7.98. The van der Waals surface area contributed by atoms with Gasteiger partial charge in [-0.05, 0) is 25.5 Å². The number of imidazole rings is 1. The average molecular weight is 348 g/mol. The Hall–Kier alpha value is -2.04. The van der Waals surface area contributed by atoms with E-state index in [0.29, 0.717) is 11.5 Å². The zero-order valence-electron chi connectivity index (χ0n) is 12.7. The number of amides is 1. The maximum Gasteiger partial charge on any atom is 0.258 e. The van der Waals surface area contributed by atoms with Crippen LogP contribution in [0.5, 0.6) is 0 Å². The molecule has 0 saturated heterocycles. The highest BCUT2D eigenvalue weighted by atomic mass is 35.5. The molecule has 0 atom stereocenters. The highest BCUT2D eigenvalue weighted by Crippen LogP contribution is 2.29. The first kappa shape index (κ1) is 15.8. The summed E-state index contributed by atoms with van der Waals surface area (Å²) in [6.07, 6.45) is 1.91. The third-order valence-corrected chi connectivity index (χ3v) is 3.93. The fourth-order valence-electron chi connectivity index (χ4n) is 2.35. The SMILES string of the molecule is Cc1ccc(-c2nc3ccc(C)cn3c2NC(=O)C(Cl)Cl)cc1. The number of nitrogens with one attached hydrogen (secondary N) is 1. The van der Waals surface area contributed by atoms with Crippen molar-refractivity contribution in [2.24, 2.45) is 0 Å². The second-order valence-corrected chi connectivity index (χ2v) is 6.50. The van der Waals surface area contributed by atoms with Gasteiger partial charge < -0.3 is 5.32 Å². The maximum atomic E-state index is 12.0. The van der Waals surface area contributed by atoms with E-state index < -0.39 is 10.7 Å². The van der Waals surface area contributed by atoms with E-state index in [1.165, 1.54) is 0 Å². The fourth-order valence-corrected chi connectivity index (χ4v) is 2.46. The number of rotatable bonds is 3. The van der Waals surface area contributed by atoms with Gasteiger partial charge >= 0.3 is 0 Å². The molecule has 0 unspecified atom stereocenters. The van der Waals surface area contributed by atoms with E-state index in [1.54, 1.807) is 0 Å². The third-order valence-electron chi connectivity index (χ3n) is 3.53. The van der Waals surface area contributed by atoms with Crippen molar-refractivity contribution in [2.75, 3.05) is 5.32 Å². The number of halogens is 2. The van der Waals surface area contributed by atoms with Crippen LogP contribution < -0.4 is 5.32 Å². The molecule has 3 aromatic rings. The summed E-state index contributed by atoms with van der Waals surface area (Å²) in [5.41, 5.74) is 4.53. The number of aromatic nitrogens is 2. The number of hydrogen-bond donors (Lipinski definition) is 1. The summed E-state index contributed by atoms with van der Waals surface area (Å²) in [4.78, 5) is 15.4. The van der Waals surface area contributed by atoms with Gasteiger partial charge in [0.2, 0.25) is 0 Å². The molecule has 1 amide bonds. The summed E-state index contributed by atoms with van der Waals surface area (Å²) in [7, 11) is 0. The quantitative estimate of drug-likeness (QED) is 0.715. The monoisotopic (exact) mass is 347 g/mol. The molecule has 0 aliphatic carbocycles. The molecular weight excluding hydrogens is 333 g/mol. The van der Waals surface area contributed by atoms with Crippen molar-refractivity contribution in [3.63, 3.8) is 0 Å². The summed E-state index contributed by atoms with van der Waals surface area (Å²) >= 11 is 11.3. The van der Waals surface area contributed by atoms with Gasteiger partial charge in [0, 0.05) is 11.8 Å². The number of nitrogens with zero attached hydrogens (tertiary/aromatic N) is 2. The Morgan fingerprint density at radius 1 is 1.09 bits per heavy atom. The molecule has 0 bridgehead atoms. The first-order chi connectivity index (χ1) is 11.0. The van der Waals surface area contributed by atoms with Crippen LogP contribution in [0.4, 0.5) is 5.82 Å². The molecule has 0 fully saturated rings. The van der Waals surface area contributed by atoms with Crippen LogP contribution in [0.2, 0.25) is 0 Å². The van der Waals surface area contributed by atoms with Gasteiger partial charge in [0.15, 0.2) is 4.84 Å². The smallest absolute Gasteiger partial charge is 0.258 e. The van der Waals surface area contributed by atoms with Gasteiger partial charge in [-0.2, -0.15) is 0 Å². The number of aryl methyl sites for hydroxylation is 2. The molecular formula is C17H15Cl2N3O. The average Bonchev–Trinajstić information content (AvgIpc) is 2.86. The zero-order chi connectivity index (χ0) is 16.6. The van der Waals surface area contributed by atoms with Crippen LogP contribution in [0, 0.1) is 13.8 Å². The van der Waals surface area contributed by atoms with Gasteiger partial charge in [0.1, 0.15) is 17.2 Å². The van der Waals surface area contributed by atoms with E-state index in [4.69, 9.17) is 23.2 Å². The summed E-state index contributed by atoms with van der Waals surface area (Å²) in [5.74, 6) is 0.0776. The van der Waals surface area contributed by atoms with E-state index in [9.17, 15) is 4.79 Å². The van der Waals surface area contributed by atoms with E-state index in [1.807, 2.05) is 60.8 Å². The highest BCUT2D eigenvalue weighted by Gasteiger charge is 2.19. The van der Waals surface area contributed by atoms with Crippen LogP contribution in [-0.4, -0.2) is 20.1 Å². The number of pyridine rings is 1. The van der Waals surface area contributed by atoms with Gasteiger partial charge in [0.25, 0.3) is 5.91 Å². The van der Waals surface area contributed by atoms with Crippen molar-refractivity contribution >= 4 is 40.6 Å². The minimum absolute atomic E-state index is 0.481. The standard InChI is InChI=1S/C17H15Cl2N3O/c1-10-3-6-12(7-4-10)14-16(21-17(23)15(18)19)22-9-11(2)5-8-13(22)20-14/h3-9,15H,1-2H3,(H,21,23). The molecule has 0 spiro atoms. The first-order valence-electron chi connectivity index (χ1n) is 7.10. The molecule has 4 nitrogen and oxygen atoms in total. The van der Waals surface area contributed by atoms with Crippen molar-refractivity contribution in [3.05, 3.63) is 53.7 Å². The number of carbonyl (C=O) groups is 1. The third kappa shape index (κ3) is 3.19. The molecule has 0 aliphatic rings. The lowest BCUT2D eigenvalue weighted by atomic mass is 10.1. The van der Waals surface area contributed by atoms with Gasteiger partial charge in [0.05, 0.1) is 0 Å². The summed E-state index contributed by atoms with van der Waals surface area (Å²) in [6.45, 7) is 3.99. The molecule has 0 aliphatic heterocycles. The molecule has 118 valence electrons. The normalized spacial score (nSPS) is 11.2. The number of carbonyl (C=O) groups excluding carboxylic acids is 1. The Morgan fingerprint density at radius 2 is 1.74 bits per heavy atom. The van der Waals surface area contributed by atoms with E-state index in [-0.39, 0.29) is 0 Å². The van der Waals surface area contributed by atoms with Crippen molar-refractivity contribution in [3.8, 4) is 11.3 Å². The minimum Gasteiger partial charge on any atom is -0.308 e. The number of fused-ring (bicyclic) bond motifs is 1. The van der Waals surface area contributed by atoms with Crippen LogP contribution in [-0.2, 0) is 4.79 Å². The van der Waals surface area contributed by atoms with E-state index in [0.717, 1.165) is 22.3 Å². The molecule has 2 heterocycles. The van der Waals surface area contributed by atoms with Gasteiger partial charge in [-0.1, -0.05) is 59.1 Å². The van der Waals surface area contributed by atoms with Gasteiger partial charge in [-0.25, -0.2) is 4.98 Å². The predicted octanol–water partition coefficient (Wildman–Crippen LogP) is 4.36. The molecule has 6 heteroatoms. The van der Waals surface area contributed by atoms with Crippen molar-refractivity contribution < 1.29 is 4.79 Å². The lowest BCUT2D eigenvalue weighted by molar-refractivity contribution is -0.114. The van der Waals surface area contributed by atoms with Crippen molar-refractivity contribution in [2.45, 2.75) is 18.7 Å². The maximum absolute atomic E-state index is 12.0. The largest absolute Gasteiger partial charge is 0.308 e. The zero-order valence-corrected chi connectivity index (χ0v) is 14.2. The molecule has 2 aromatic heterocycles. The summed E-state index contributed by atoms with van der Waals surface area (Å²) in [6, 6.07) is 11.8. The Balaban J connectivity index is 2.19. The molecule has 0 radical (unpaired) electrons. The van der Waals surface area contributed by atoms with Crippen LogP contribution in [0.25, 0.3) is 16.9 Å². The molecule has 3 rings (SSSR count). The lowest BCUT2D eigenvalue weighted by Gasteiger charge is -2.08. The molecule has 0 saturated carbocycles. The Kier molecular flexibility index (Phi) is 4.28. The second kappa shape index (κ2) is 6.22. The number of anilines is 1. The lowest BCUT2D eigenvalue weighted by Crippen LogP contribution is -2.20.